The van der Waals surface area contributed by atoms with Gasteiger partial charge >= 0.3 is 77.4 Å². The molecule has 0 bridgehead atoms. The van der Waals surface area contributed by atoms with Crippen molar-refractivity contribution in [3.8, 4) is 0 Å². The molecular weight excluding hydrogens is 205 g/mol. The van der Waals surface area contributed by atoms with Gasteiger partial charge in [0.05, 0.1) is 0 Å². The van der Waals surface area contributed by atoms with E-state index < -0.39 is 13.3 Å². The molecule has 0 nitrogen and oxygen atoms in total. The Balaban J connectivity index is 3.00. The second-order valence-electron chi connectivity index (χ2n) is 4.08. The van der Waals surface area contributed by atoms with Crippen LogP contribution >= 0.6 is 0 Å². The summed E-state index contributed by atoms with van der Waals surface area (Å²) in [6.45, 7) is 3.74. The van der Waals surface area contributed by atoms with Gasteiger partial charge in [0.2, 0.25) is 0 Å². The molecule has 64 valence electrons. The monoisotopic (exact) mass is 222 g/mol. The zero-order valence-electron chi connectivity index (χ0n) is 8.09. The topological polar surface area (TPSA) is 0 Å². The van der Waals surface area contributed by atoms with Crippen LogP contribution in [0.1, 0.15) is 5.56 Å². The second kappa shape index (κ2) is 3.48. The quantitative estimate of drug-likeness (QED) is 0.673. The summed E-state index contributed by atoms with van der Waals surface area (Å²) < 4.78 is 1.56. The van der Waals surface area contributed by atoms with Crippen molar-refractivity contribution in [1.29, 1.82) is 0 Å². The molecule has 0 spiro atoms. The van der Waals surface area contributed by atoms with Crippen molar-refractivity contribution in [3.05, 3.63) is 36.4 Å². The molecule has 0 saturated heterocycles. The van der Waals surface area contributed by atoms with E-state index in [-0.39, 0.29) is 0 Å². The maximum atomic E-state index is 3.74. The molecule has 1 heteroatoms. The van der Waals surface area contributed by atoms with Crippen LogP contribution in [-0.4, -0.2) is 13.3 Å². The van der Waals surface area contributed by atoms with Crippen LogP contribution in [0.3, 0.4) is 0 Å². The van der Waals surface area contributed by atoms with E-state index in [0.717, 1.165) is 0 Å². The van der Waals surface area contributed by atoms with Gasteiger partial charge in [-0.25, -0.2) is 0 Å². The predicted octanol–water partition coefficient (Wildman–Crippen LogP) is 2.87. The van der Waals surface area contributed by atoms with Gasteiger partial charge in [-0.3, -0.25) is 0 Å². The van der Waals surface area contributed by atoms with Gasteiger partial charge in [0.15, 0.2) is 0 Å². The van der Waals surface area contributed by atoms with Crippen molar-refractivity contribution < 1.29 is 0 Å². The minimum atomic E-state index is -1.58. The van der Waals surface area contributed by atoms with E-state index in [9.17, 15) is 0 Å². The molecule has 0 aliphatic carbocycles. The Kier molecular flexibility index (Phi) is 2.78. The average molecular weight is 221 g/mol. The van der Waals surface area contributed by atoms with Crippen LogP contribution in [0.25, 0.3) is 6.08 Å². The number of benzene rings is 1. The molecule has 1 rings (SSSR count). The Labute approximate surface area is 77.7 Å². The first-order chi connectivity index (χ1) is 5.54. The van der Waals surface area contributed by atoms with Gasteiger partial charge in [-0.1, -0.05) is 0 Å². The van der Waals surface area contributed by atoms with Crippen LogP contribution in [0.15, 0.2) is 30.8 Å². The predicted molar refractivity (Wildman–Crippen MR) is 59.5 cm³/mol. The molecule has 0 amide bonds. The molecule has 0 aliphatic rings. The van der Waals surface area contributed by atoms with Gasteiger partial charge in [-0.05, 0) is 0 Å². The normalized spacial score (nSPS) is 11.2. The molecule has 0 radical (unpaired) electrons. The molecule has 0 saturated carbocycles. The van der Waals surface area contributed by atoms with Crippen molar-refractivity contribution in [2.75, 3.05) is 0 Å². The van der Waals surface area contributed by atoms with Crippen LogP contribution in [0.2, 0.25) is 17.3 Å². The first-order valence-electron chi connectivity index (χ1n) is 4.27. The van der Waals surface area contributed by atoms with Crippen molar-refractivity contribution in [1.82, 2.24) is 0 Å². The summed E-state index contributed by atoms with van der Waals surface area (Å²) in [7, 11) is 0. The van der Waals surface area contributed by atoms with Crippen molar-refractivity contribution in [3.63, 3.8) is 0 Å². The summed E-state index contributed by atoms with van der Waals surface area (Å²) in [5.74, 6) is 7.22. The third kappa shape index (κ3) is 2.24. The van der Waals surface area contributed by atoms with E-state index in [0.29, 0.717) is 0 Å². The molecule has 0 atom stereocenters. The summed E-state index contributed by atoms with van der Waals surface area (Å²) in [6.07, 6.45) is 1.89. The molecule has 0 heterocycles. The Hall–Kier alpha value is -0.497. The van der Waals surface area contributed by atoms with Crippen LogP contribution in [0, 0.1) is 0 Å². The molecule has 12 heavy (non-hydrogen) atoms. The van der Waals surface area contributed by atoms with E-state index in [2.05, 4.69) is 48.1 Å². The van der Waals surface area contributed by atoms with Crippen LogP contribution < -0.4 is 4.40 Å². The minimum absolute atomic E-state index is 1.21. The van der Waals surface area contributed by atoms with E-state index in [1.54, 1.807) is 4.40 Å². The zero-order valence-corrected chi connectivity index (χ0v) is 10.2. The SMILES string of the molecule is C=Cc1cc[c]([Ge]([CH3])([CH3])[CH3])cc1. The number of hydrogen-bond acceptors (Lipinski definition) is 0. The molecule has 0 unspecified atom stereocenters. The Morgan fingerprint density at radius 3 is 1.92 bits per heavy atom. The van der Waals surface area contributed by atoms with E-state index >= 15 is 0 Å². The molecule has 1 aromatic carbocycles. The summed E-state index contributed by atoms with van der Waals surface area (Å²) in [5, 5.41) is 0. The van der Waals surface area contributed by atoms with Gasteiger partial charge < -0.3 is 0 Å². The molecule has 0 aliphatic heterocycles. The summed E-state index contributed by atoms with van der Waals surface area (Å²) in [4.78, 5) is 0. The van der Waals surface area contributed by atoms with E-state index in [1.165, 1.54) is 5.56 Å². The van der Waals surface area contributed by atoms with Crippen LogP contribution in [-0.2, 0) is 0 Å². The average Bonchev–Trinajstić information content (AvgIpc) is 2.03. The first kappa shape index (κ1) is 9.59. The Morgan fingerprint density at radius 1 is 1.08 bits per heavy atom. The maximum absolute atomic E-state index is 3.74. The summed E-state index contributed by atoms with van der Waals surface area (Å²) >= 11 is -1.58. The van der Waals surface area contributed by atoms with Crippen LogP contribution in [0.4, 0.5) is 0 Å². The van der Waals surface area contributed by atoms with Crippen molar-refractivity contribution in [2.45, 2.75) is 17.3 Å². The molecule has 0 aromatic heterocycles. The van der Waals surface area contributed by atoms with Crippen molar-refractivity contribution >= 4 is 23.7 Å². The molecule has 1 aromatic rings. The Morgan fingerprint density at radius 2 is 1.58 bits per heavy atom. The zero-order chi connectivity index (χ0) is 9.19. The molecular formula is C11H16Ge. The fourth-order valence-corrected chi connectivity index (χ4v) is 3.57. The fraction of sp³-hybridized carbons (Fsp3) is 0.273. The van der Waals surface area contributed by atoms with Gasteiger partial charge in [0.1, 0.15) is 0 Å². The van der Waals surface area contributed by atoms with Gasteiger partial charge in [0, 0.05) is 0 Å². The Bertz CT molecular complexity index is 264. The van der Waals surface area contributed by atoms with Crippen LogP contribution in [0.5, 0.6) is 0 Å². The third-order valence-corrected chi connectivity index (χ3v) is 6.35. The summed E-state index contributed by atoms with van der Waals surface area (Å²) in [6, 6.07) is 8.80. The van der Waals surface area contributed by atoms with Gasteiger partial charge in [-0.15, -0.1) is 0 Å². The third-order valence-electron chi connectivity index (χ3n) is 2.01. The first-order valence-corrected chi connectivity index (χ1v) is 11.6. The summed E-state index contributed by atoms with van der Waals surface area (Å²) in [5.41, 5.74) is 1.21. The van der Waals surface area contributed by atoms with E-state index in [1.807, 2.05) is 6.08 Å². The van der Waals surface area contributed by atoms with E-state index in [4.69, 9.17) is 0 Å². The van der Waals surface area contributed by atoms with Crippen molar-refractivity contribution in [2.24, 2.45) is 0 Å². The second-order valence-corrected chi connectivity index (χ2v) is 14.7. The van der Waals surface area contributed by atoms with Gasteiger partial charge in [-0.2, -0.15) is 0 Å². The fourth-order valence-electron chi connectivity index (χ4n) is 1.12. The molecule has 0 N–H and O–H groups in total. The standard InChI is InChI=1S/C11H16Ge/c1-5-10-6-8-11(9-7-10)12(2,3)4/h5-9H,1H2,2-4H3. The molecule has 0 fully saturated rings. The number of hydrogen-bond donors (Lipinski definition) is 0. The van der Waals surface area contributed by atoms with Gasteiger partial charge in [0.25, 0.3) is 0 Å². The number of rotatable bonds is 2.